The van der Waals surface area contributed by atoms with E-state index in [4.69, 9.17) is 4.74 Å². The number of aromatic nitrogens is 3. The van der Waals surface area contributed by atoms with Gasteiger partial charge >= 0.3 is 0 Å². The first kappa shape index (κ1) is 21.2. The molecule has 0 N–H and O–H groups in total. The SMILES string of the molecule is CCCCCSc1nnc2c(n1)O[C@@H](c1ccccc1F)N(C(C)=O)c1ccccc1-2. The minimum absolute atomic E-state index is 0.234. The fourth-order valence-electron chi connectivity index (χ4n) is 3.51. The molecule has 6 nitrogen and oxygen atoms in total. The Morgan fingerprint density at radius 2 is 1.90 bits per heavy atom. The maximum absolute atomic E-state index is 14.7. The standard InChI is InChI=1S/C23H23FN4O2S/c1-3-4-9-14-31-23-25-21-20(26-27-23)17-11-6-8-13-19(17)28(15(2)29)22(30-21)16-10-5-7-12-18(16)24/h5-8,10-13,22H,3-4,9,14H2,1-2H3/t22-/m0/s1. The average Bonchev–Trinajstić information content (AvgIpc) is 2.91. The fraction of sp³-hybridized carbons (Fsp3) is 0.304. The molecule has 1 amide bonds. The third-order valence-corrected chi connectivity index (χ3v) is 5.93. The van der Waals surface area contributed by atoms with Gasteiger partial charge in [-0.1, -0.05) is 67.9 Å². The largest absolute Gasteiger partial charge is 0.447 e. The summed E-state index contributed by atoms with van der Waals surface area (Å²) in [6, 6.07) is 13.6. The van der Waals surface area contributed by atoms with Crippen molar-refractivity contribution in [3.8, 4) is 17.1 Å². The van der Waals surface area contributed by atoms with Gasteiger partial charge in [0.2, 0.25) is 23.2 Å². The van der Waals surface area contributed by atoms with Crippen LogP contribution in [-0.4, -0.2) is 26.8 Å². The zero-order valence-electron chi connectivity index (χ0n) is 17.4. The molecule has 1 atom stereocenters. The highest BCUT2D eigenvalue weighted by Gasteiger charge is 2.35. The third kappa shape index (κ3) is 4.39. The predicted molar refractivity (Wildman–Crippen MR) is 118 cm³/mol. The number of thioether (sulfide) groups is 1. The second kappa shape index (κ2) is 9.43. The number of rotatable bonds is 6. The summed E-state index contributed by atoms with van der Waals surface area (Å²) in [7, 11) is 0. The molecule has 2 heterocycles. The highest BCUT2D eigenvalue weighted by Crippen LogP contribution is 2.43. The lowest BCUT2D eigenvalue weighted by Crippen LogP contribution is -2.36. The first-order chi connectivity index (χ1) is 15.1. The van der Waals surface area contributed by atoms with Crippen molar-refractivity contribution in [1.82, 2.24) is 15.2 Å². The van der Waals surface area contributed by atoms with Gasteiger partial charge in [-0.15, -0.1) is 10.2 Å². The molecule has 0 unspecified atom stereocenters. The number of carbonyl (C=O) groups is 1. The van der Waals surface area contributed by atoms with Crippen LogP contribution in [0.15, 0.2) is 53.7 Å². The molecule has 2 aromatic carbocycles. The van der Waals surface area contributed by atoms with Crippen molar-refractivity contribution in [3.05, 3.63) is 59.9 Å². The summed E-state index contributed by atoms with van der Waals surface area (Å²) in [5, 5.41) is 9.13. The van der Waals surface area contributed by atoms with Crippen LogP contribution in [0.2, 0.25) is 0 Å². The Hall–Kier alpha value is -3.00. The van der Waals surface area contributed by atoms with E-state index in [-0.39, 0.29) is 17.4 Å². The zero-order chi connectivity index (χ0) is 21.8. The van der Waals surface area contributed by atoms with Crippen LogP contribution >= 0.6 is 11.8 Å². The van der Waals surface area contributed by atoms with Gasteiger partial charge in [0.1, 0.15) is 5.82 Å². The third-order valence-electron chi connectivity index (χ3n) is 5.00. The molecule has 160 valence electrons. The molecule has 0 saturated heterocycles. The molecule has 1 aromatic heterocycles. The first-order valence-electron chi connectivity index (χ1n) is 10.3. The summed E-state index contributed by atoms with van der Waals surface area (Å²) in [4.78, 5) is 18.7. The first-order valence-corrected chi connectivity index (χ1v) is 11.3. The van der Waals surface area contributed by atoms with E-state index < -0.39 is 12.0 Å². The number of benzene rings is 2. The minimum atomic E-state index is -1.02. The van der Waals surface area contributed by atoms with Crippen LogP contribution < -0.4 is 9.64 Å². The minimum Gasteiger partial charge on any atom is -0.447 e. The van der Waals surface area contributed by atoms with E-state index >= 15 is 0 Å². The predicted octanol–water partition coefficient (Wildman–Crippen LogP) is 5.40. The van der Waals surface area contributed by atoms with Crippen LogP contribution in [-0.2, 0) is 4.79 Å². The van der Waals surface area contributed by atoms with Crippen molar-refractivity contribution in [2.45, 2.75) is 44.5 Å². The highest BCUT2D eigenvalue weighted by atomic mass is 32.2. The molecule has 0 fully saturated rings. The van der Waals surface area contributed by atoms with Crippen molar-refractivity contribution >= 4 is 23.4 Å². The Bertz CT molecular complexity index is 1090. The molecule has 31 heavy (non-hydrogen) atoms. The lowest BCUT2D eigenvalue weighted by atomic mass is 10.1. The fourth-order valence-corrected chi connectivity index (χ4v) is 4.28. The maximum atomic E-state index is 14.7. The van der Waals surface area contributed by atoms with Gasteiger partial charge in [0, 0.05) is 23.8 Å². The van der Waals surface area contributed by atoms with E-state index in [1.165, 1.54) is 29.7 Å². The van der Waals surface area contributed by atoms with Crippen molar-refractivity contribution in [2.24, 2.45) is 0 Å². The van der Waals surface area contributed by atoms with Crippen molar-refractivity contribution in [1.29, 1.82) is 0 Å². The van der Waals surface area contributed by atoms with Crippen LogP contribution in [0.3, 0.4) is 0 Å². The number of amides is 1. The summed E-state index contributed by atoms with van der Waals surface area (Å²) in [5.74, 6) is 0.366. The molecule has 0 radical (unpaired) electrons. The van der Waals surface area contributed by atoms with Gasteiger partial charge in [-0.2, -0.15) is 4.98 Å². The van der Waals surface area contributed by atoms with Gasteiger partial charge in [-0.05, 0) is 18.6 Å². The van der Waals surface area contributed by atoms with Crippen LogP contribution in [0.4, 0.5) is 10.1 Å². The Morgan fingerprint density at radius 3 is 2.68 bits per heavy atom. The Labute approximate surface area is 184 Å². The number of halogens is 1. The molecule has 0 saturated carbocycles. The second-order valence-corrected chi connectivity index (χ2v) is 8.26. The lowest BCUT2D eigenvalue weighted by molar-refractivity contribution is -0.118. The Morgan fingerprint density at radius 1 is 1.13 bits per heavy atom. The van der Waals surface area contributed by atoms with Crippen LogP contribution in [0.1, 0.15) is 44.9 Å². The molecule has 0 bridgehead atoms. The highest BCUT2D eigenvalue weighted by molar-refractivity contribution is 7.99. The monoisotopic (exact) mass is 438 g/mol. The van der Waals surface area contributed by atoms with Gasteiger partial charge in [-0.3, -0.25) is 9.69 Å². The molecule has 0 spiro atoms. The number of unbranched alkanes of at least 4 members (excludes halogenated alkanes) is 2. The normalized spacial score (nSPS) is 14.9. The van der Waals surface area contributed by atoms with Gasteiger partial charge in [-0.25, -0.2) is 4.39 Å². The van der Waals surface area contributed by atoms with Gasteiger partial charge in [0.05, 0.1) is 5.69 Å². The zero-order valence-corrected chi connectivity index (χ0v) is 18.2. The summed E-state index contributed by atoms with van der Waals surface area (Å²) in [6.45, 7) is 3.58. The van der Waals surface area contributed by atoms with E-state index in [0.717, 1.165) is 25.0 Å². The smallest absolute Gasteiger partial charge is 0.247 e. The van der Waals surface area contributed by atoms with E-state index in [1.54, 1.807) is 24.3 Å². The maximum Gasteiger partial charge on any atom is 0.247 e. The van der Waals surface area contributed by atoms with E-state index in [1.807, 2.05) is 18.2 Å². The topological polar surface area (TPSA) is 68.2 Å². The summed E-state index contributed by atoms with van der Waals surface area (Å²) < 4.78 is 20.9. The number of anilines is 1. The molecule has 3 aromatic rings. The Balaban J connectivity index is 1.82. The summed E-state index contributed by atoms with van der Waals surface area (Å²) in [5.41, 5.74) is 1.91. The summed E-state index contributed by atoms with van der Waals surface area (Å²) >= 11 is 1.51. The van der Waals surface area contributed by atoms with Gasteiger partial charge in [0.25, 0.3) is 0 Å². The number of carbonyl (C=O) groups excluding carboxylic acids is 1. The van der Waals surface area contributed by atoms with Crippen molar-refractivity contribution < 1.29 is 13.9 Å². The van der Waals surface area contributed by atoms with Crippen LogP contribution in [0, 0.1) is 5.82 Å². The molecular formula is C23H23FN4O2S. The number of hydrogen-bond acceptors (Lipinski definition) is 6. The number of ether oxygens (including phenoxy) is 1. The second-order valence-electron chi connectivity index (χ2n) is 7.20. The van der Waals surface area contributed by atoms with Crippen LogP contribution in [0.25, 0.3) is 11.3 Å². The van der Waals surface area contributed by atoms with Gasteiger partial charge < -0.3 is 4.74 Å². The molecular weight excluding hydrogens is 415 g/mol. The lowest BCUT2D eigenvalue weighted by Gasteiger charge is -2.30. The van der Waals surface area contributed by atoms with Crippen LogP contribution in [0.5, 0.6) is 5.88 Å². The van der Waals surface area contributed by atoms with E-state index in [9.17, 15) is 9.18 Å². The van der Waals surface area contributed by atoms with E-state index in [2.05, 4.69) is 22.1 Å². The van der Waals surface area contributed by atoms with Gasteiger partial charge in [0.15, 0.2) is 5.69 Å². The molecule has 4 rings (SSSR count). The molecule has 0 aliphatic carbocycles. The number of nitrogens with zero attached hydrogens (tertiary/aromatic N) is 4. The number of fused-ring (bicyclic) bond motifs is 3. The molecule has 8 heteroatoms. The molecule has 1 aliphatic heterocycles. The summed E-state index contributed by atoms with van der Waals surface area (Å²) in [6.07, 6.45) is 2.31. The average molecular weight is 439 g/mol. The Kier molecular flexibility index (Phi) is 6.46. The van der Waals surface area contributed by atoms with Crippen molar-refractivity contribution in [2.75, 3.05) is 10.7 Å². The van der Waals surface area contributed by atoms with Crippen molar-refractivity contribution in [3.63, 3.8) is 0 Å². The molecule has 1 aliphatic rings. The number of hydrogen-bond donors (Lipinski definition) is 0. The quantitative estimate of drug-likeness (QED) is 0.379. The van der Waals surface area contributed by atoms with E-state index in [0.29, 0.717) is 22.1 Å². The number of para-hydroxylation sites is 1.